The van der Waals surface area contributed by atoms with E-state index >= 15 is 0 Å². The lowest BCUT2D eigenvalue weighted by Gasteiger charge is -2.38. The molecular weight excluding hydrogens is 560 g/mol. The number of Topliss-reactive ketones (excluding diaryl/α,β-unsaturated/α-hetero) is 2. The fourth-order valence-electron chi connectivity index (χ4n) is 6.53. The van der Waals surface area contributed by atoms with E-state index in [-0.39, 0.29) is 17.5 Å². The number of amides is 1. The summed E-state index contributed by atoms with van der Waals surface area (Å²) in [5.74, 6) is -1.59. The molecule has 3 aliphatic rings. The van der Waals surface area contributed by atoms with E-state index in [0.29, 0.717) is 16.1 Å². The van der Waals surface area contributed by atoms with Gasteiger partial charge in [0.25, 0.3) is 0 Å². The van der Waals surface area contributed by atoms with Crippen molar-refractivity contribution in [2.24, 2.45) is 5.92 Å². The first-order valence-corrected chi connectivity index (χ1v) is 14.0. The van der Waals surface area contributed by atoms with Crippen molar-refractivity contribution in [1.82, 2.24) is 4.90 Å². The van der Waals surface area contributed by atoms with E-state index in [1.165, 1.54) is 11.3 Å². The van der Waals surface area contributed by atoms with Gasteiger partial charge in [-0.2, -0.15) is 0 Å². The molecule has 1 N–H and O–H groups in total. The molecule has 3 aliphatic heterocycles. The van der Waals surface area contributed by atoms with Gasteiger partial charge in [-0.05, 0) is 52.4 Å². The Balaban J connectivity index is 1.55. The molecule has 186 valence electrons. The van der Waals surface area contributed by atoms with Crippen molar-refractivity contribution in [3.63, 3.8) is 0 Å². The van der Waals surface area contributed by atoms with E-state index in [0.717, 1.165) is 21.2 Å². The molecule has 7 heteroatoms. The van der Waals surface area contributed by atoms with Crippen molar-refractivity contribution >= 4 is 56.5 Å². The van der Waals surface area contributed by atoms with Crippen molar-refractivity contribution in [2.75, 3.05) is 5.32 Å². The van der Waals surface area contributed by atoms with E-state index in [4.69, 9.17) is 0 Å². The van der Waals surface area contributed by atoms with Gasteiger partial charge in [-0.15, -0.1) is 11.3 Å². The van der Waals surface area contributed by atoms with Crippen LogP contribution in [0.15, 0.2) is 101 Å². The minimum Gasteiger partial charge on any atom is -0.358 e. The highest BCUT2D eigenvalue weighted by Gasteiger charge is 2.70. The number of fused-ring (bicyclic) bond motifs is 6. The van der Waals surface area contributed by atoms with Gasteiger partial charge < -0.3 is 10.2 Å². The van der Waals surface area contributed by atoms with Crippen LogP contribution >= 0.6 is 27.3 Å². The summed E-state index contributed by atoms with van der Waals surface area (Å²) in [4.78, 5) is 45.8. The van der Waals surface area contributed by atoms with E-state index in [1.807, 2.05) is 89.3 Å². The standard InChI is InChI=1S/C31H21BrN2O3S/c32-20-13-11-19(12-14-20)27(35)25-26(28(36)24-10-5-17-38-24)34-16-15-18-6-1-2-7-21(18)29(34)31(25)22-8-3-4-9-23(22)33-30(31)37/h1-17,25-26,29H,(H,33,37)/t25-,26+,29-,31-/m1/s1. The van der Waals surface area contributed by atoms with Gasteiger partial charge in [0, 0.05) is 21.9 Å². The molecule has 0 bridgehead atoms. The zero-order chi connectivity index (χ0) is 26.0. The highest BCUT2D eigenvalue weighted by Crippen LogP contribution is 2.62. The molecule has 1 amide bonds. The van der Waals surface area contributed by atoms with Crippen LogP contribution in [0, 0.1) is 5.92 Å². The molecule has 1 aromatic heterocycles. The summed E-state index contributed by atoms with van der Waals surface area (Å²) in [6, 6.07) is 24.9. The molecule has 1 fully saturated rings. The fraction of sp³-hybridized carbons (Fsp3) is 0.129. The van der Waals surface area contributed by atoms with Gasteiger partial charge in [-0.1, -0.05) is 76.6 Å². The van der Waals surface area contributed by atoms with Crippen LogP contribution in [0.25, 0.3) is 6.08 Å². The number of thiophene rings is 1. The summed E-state index contributed by atoms with van der Waals surface area (Å²) < 4.78 is 0.847. The maximum absolute atomic E-state index is 14.6. The van der Waals surface area contributed by atoms with Crippen LogP contribution in [-0.2, 0) is 10.2 Å². The summed E-state index contributed by atoms with van der Waals surface area (Å²) in [7, 11) is 0. The Labute approximate surface area is 231 Å². The predicted octanol–water partition coefficient (Wildman–Crippen LogP) is 6.49. The summed E-state index contributed by atoms with van der Waals surface area (Å²) in [5.41, 5.74) is 2.50. The lowest BCUT2D eigenvalue weighted by Crippen LogP contribution is -2.49. The third-order valence-electron chi connectivity index (χ3n) is 8.01. The second kappa shape index (κ2) is 8.61. The number of para-hydroxylation sites is 1. The average Bonchev–Trinajstić information content (AvgIpc) is 3.65. The molecule has 3 aromatic carbocycles. The minimum absolute atomic E-state index is 0.154. The van der Waals surface area contributed by atoms with Crippen molar-refractivity contribution in [3.05, 3.63) is 128 Å². The Kier molecular flexibility index (Phi) is 5.29. The average molecular weight is 581 g/mol. The number of rotatable bonds is 4. The van der Waals surface area contributed by atoms with Gasteiger partial charge in [-0.25, -0.2) is 0 Å². The van der Waals surface area contributed by atoms with Gasteiger partial charge in [0.1, 0.15) is 11.5 Å². The Bertz CT molecular complexity index is 1650. The number of anilines is 1. The zero-order valence-corrected chi connectivity index (χ0v) is 22.4. The second-order valence-corrected chi connectivity index (χ2v) is 11.7. The molecule has 1 saturated heterocycles. The number of hydrogen-bond donors (Lipinski definition) is 1. The Morgan fingerprint density at radius 2 is 1.66 bits per heavy atom. The number of ketones is 2. The van der Waals surface area contributed by atoms with E-state index in [2.05, 4.69) is 21.2 Å². The van der Waals surface area contributed by atoms with Crippen molar-refractivity contribution in [1.29, 1.82) is 0 Å². The molecule has 0 unspecified atom stereocenters. The van der Waals surface area contributed by atoms with Gasteiger partial charge in [-0.3, -0.25) is 14.4 Å². The summed E-state index contributed by atoms with van der Waals surface area (Å²) >= 11 is 4.81. The zero-order valence-electron chi connectivity index (χ0n) is 20.0. The molecule has 4 aromatic rings. The van der Waals surface area contributed by atoms with E-state index < -0.39 is 23.4 Å². The Morgan fingerprint density at radius 3 is 2.45 bits per heavy atom. The quantitative estimate of drug-likeness (QED) is 0.280. The predicted molar refractivity (Wildman–Crippen MR) is 151 cm³/mol. The van der Waals surface area contributed by atoms with Gasteiger partial charge in [0.05, 0.1) is 16.8 Å². The van der Waals surface area contributed by atoms with Crippen LogP contribution < -0.4 is 5.32 Å². The number of carbonyl (C=O) groups is 3. The molecular formula is C31H21BrN2O3S. The van der Waals surface area contributed by atoms with Gasteiger partial charge in [0.2, 0.25) is 5.91 Å². The topological polar surface area (TPSA) is 66.5 Å². The number of carbonyl (C=O) groups excluding carboxylic acids is 3. The molecule has 38 heavy (non-hydrogen) atoms. The van der Waals surface area contributed by atoms with Crippen molar-refractivity contribution < 1.29 is 14.4 Å². The molecule has 5 nitrogen and oxygen atoms in total. The van der Waals surface area contributed by atoms with Crippen LogP contribution in [0.3, 0.4) is 0 Å². The normalized spacial score (nSPS) is 24.6. The maximum atomic E-state index is 14.6. The first kappa shape index (κ1) is 23.3. The molecule has 4 atom stereocenters. The van der Waals surface area contributed by atoms with Gasteiger partial charge >= 0.3 is 0 Å². The minimum atomic E-state index is -1.31. The number of benzene rings is 3. The van der Waals surface area contributed by atoms with E-state index in [1.54, 1.807) is 18.2 Å². The van der Waals surface area contributed by atoms with Gasteiger partial charge in [0.15, 0.2) is 11.6 Å². The third-order valence-corrected chi connectivity index (χ3v) is 9.43. The molecule has 1 spiro atoms. The summed E-state index contributed by atoms with van der Waals surface area (Å²) in [6.45, 7) is 0. The van der Waals surface area contributed by atoms with E-state index in [9.17, 15) is 14.4 Å². The number of nitrogens with one attached hydrogen (secondary N) is 1. The smallest absolute Gasteiger partial charge is 0.238 e. The van der Waals surface area contributed by atoms with Crippen molar-refractivity contribution in [2.45, 2.75) is 17.5 Å². The van der Waals surface area contributed by atoms with Crippen LogP contribution in [0.1, 0.15) is 42.8 Å². The number of nitrogens with zero attached hydrogens (tertiary/aromatic N) is 1. The Morgan fingerprint density at radius 1 is 0.895 bits per heavy atom. The fourth-order valence-corrected chi connectivity index (χ4v) is 7.49. The van der Waals surface area contributed by atoms with Crippen LogP contribution in [0.4, 0.5) is 5.69 Å². The number of hydrogen-bond acceptors (Lipinski definition) is 5. The summed E-state index contributed by atoms with van der Waals surface area (Å²) in [6.07, 6.45) is 3.87. The maximum Gasteiger partial charge on any atom is 0.238 e. The highest BCUT2D eigenvalue weighted by atomic mass is 79.9. The lowest BCUT2D eigenvalue weighted by atomic mass is 9.63. The lowest BCUT2D eigenvalue weighted by molar-refractivity contribution is -0.122. The third kappa shape index (κ3) is 3.12. The second-order valence-electron chi connectivity index (χ2n) is 9.80. The molecule has 0 radical (unpaired) electrons. The first-order chi connectivity index (χ1) is 18.5. The molecule has 0 aliphatic carbocycles. The van der Waals surface area contributed by atoms with Crippen LogP contribution in [0.2, 0.25) is 0 Å². The van der Waals surface area contributed by atoms with Crippen LogP contribution in [-0.4, -0.2) is 28.4 Å². The largest absolute Gasteiger partial charge is 0.358 e. The molecule has 7 rings (SSSR count). The molecule has 4 heterocycles. The number of halogens is 1. The molecule has 0 saturated carbocycles. The highest BCUT2D eigenvalue weighted by molar-refractivity contribution is 9.10. The monoisotopic (exact) mass is 580 g/mol. The first-order valence-electron chi connectivity index (χ1n) is 12.3. The summed E-state index contributed by atoms with van der Waals surface area (Å²) in [5, 5.41) is 4.94. The van der Waals surface area contributed by atoms with Crippen LogP contribution in [0.5, 0.6) is 0 Å². The van der Waals surface area contributed by atoms with Crippen molar-refractivity contribution in [3.8, 4) is 0 Å². The Hall–Kier alpha value is -3.81. The SMILES string of the molecule is O=C(c1cccs1)[C@@H]1[C@H](C(=O)c2ccc(Br)cc2)[C@@]2(C(=O)Nc3ccccc32)[C@H]2c3ccccc3C=CN12.